The third-order valence-electron chi connectivity index (χ3n) is 2.13. The summed E-state index contributed by atoms with van der Waals surface area (Å²) in [6.07, 6.45) is 0.908. The van der Waals surface area contributed by atoms with E-state index < -0.39 is 11.6 Å². The molecule has 5 heteroatoms. The van der Waals surface area contributed by atoms with Crippen LogP contribution in [0.4, 0.5) is 8.78 Å². The van der Waals surface area contributed by atoms with Crippen molar-refractivity contribution in [2.24, 2.45) is 0 Å². The molecule has 96 valence electrons. The lowest BCUT2D eigenvalue weighted by atomic mass is 10.3. The normalized spacial score (nSPS) is 10.5. The molecule has 0 aliphatic rings. The maximum absolute atomic E-state index is 13.1. The molecule has 0 aliphatic carbocycles. The van der Waals surface area contributed by atoms with Gasteiger partial charge >= 0.3 is 0 Å². The highest BCUT2D eigenvalue weighted by Gasteiger charge is 2.04. The van der Waals surface area contributed by atoms with Gasteiger partial charge in [0.2, 0.25) is 0 Å². The van der Waals surface area contributed by atoms with Crippen molar-refractivity contribution in [1.82, 2.24) is 5.32 Å². The SMILES string of the molecule is COCCCNCCOc1cc(F)ccc1F. The van der Waals surface area contributed by atoms with Crippen LogP contribution in [0.15, 0.2) is 18.2 Å². The van der Waals surface area contributed by atoms with Crippen molar-refractivity contribution < 1.29 is 18.3 Å². The minimum atomic E-state index is -0.550. The van der Waals surface area contributed by atoms with E-state index in [1.165, 1.54) is 0 Å². The van der Waals surface area contributed by atoms with E-state index in [0.717, 1.165) is 31.2 Å². The lowest BCUT2D eigenvalue weighted by molar-refractivity contribution is 0.193. The van der Waals surface area contributed by atoms with Gasteiger partial charge in [-0.15, -0.1) is 0 Å². The third kappa shape index (κ3) is 5.60. The fraction of sp³-hybridized carbons (Fsp3) is 0.500. The fourth-order valence-electron chi connectivity index (χ4n) is 1.29. The highest BCUT2D eigenvalue weighted by molar-refractivity contribution is 5.24. The molecule has 0 aromatic heterocycles. The van der Waals surface area contributed by atoms with Gasteiger partial charge in [0.25, 0.3) is 0 Å². The summed E-state index contributed by atoms with van der Waals surface area (Å²) in [7, 11) is 1.65. The Kier molecular flexibility index (Phi) is 6.50. The fourth-order valence-corrected chi connectivity index (χ4v) is 1.29. The summed E-state index contributed by atoms with van der Waals surface area (Å²) in [5, 5.41) is 3.10. The van der Waals surface area contributed by atoms with Gasteiger partial charge in [-0.1, -0.05) is 0 Å². The molecular formula is C12H17F2NO2. The van der Waals surface area contributed by atoms with E-state index in [2.05, 4.69) is 5.32 Å². The Bertz CT molecular complexity index is 334. The first-order chi connectivity index (χ1) is 8.24. The highest BCUT2D eigenvalue weighted by Crippen LogP contribution is 2.17. The second-order valence-electron chi connectivity index (χ2n) is 3.52. The highest BCUT2D eigenvalue weighted by atomic mass is 19.1. The zero-order chi connectivity index (χ0) is 12.5. The van der Waals surface area contributed by atoms with Crippen molar-refractivity contribution in [3.63, 3.8) is 0 Å². The topological polar surface area (TPSA) is 30.5 Å². The maximum Gasteiger partial charge on any atom is 0.165 e. The second-order valence-corrected chi connectivity index (χ2v) is 3.52. The van der Waals surface area contributed by atoms with E-state index in [1.54, 1.807) is 7.11 Å². The number of methoxy groups -OCH3 is 1. The van der Waals surface area contributed by atoms with Gasteiger partial charge in [-0.05, 0) is 25.1 Å². The van der Waals surface area contributed by atoms with Crippen molar-refractivity contribution in [3.05, 3.63) is 29.8 Å². The minimum absolute atomic E-state index is 0.0521. The first kappa shape index (κ1) is 13.9. The Balaban J connectivity index is 2.15. The van der Waals surface area contributed by atoms with Gasteiger partial charge in [0.15, 0.2) is 11.6 Å². The smallest absolute Gasteiger partial charge is 0.165 e. The number of nitrogens with one attached hydrogen (secondary N) is 1. The van der Waals surface area contributed by atoms with Crippen LogP contribution in [0.25, 0.3) is 0 Å². The largest absolute Gasteiger partial charge is 0.489 e. The maximum atomic E-state index is 13.1. The molecule has 0 heterocycles. The summed E-state index contributed by atoms with van der Waals surface area (Å²) in [5.74, 6) is -1.11. The second kappa shape index (κ2) is 7.97. The summed E-state index contributed by atoms with van der Waals surface area (Å²) >= 11 is 0. The van der Waals surface area contributed by atoms with E-state index in [9.17, 15) is 8.78 Å². The van der Waals surface area contributed by atoms with Gasteiger partial charge in [0, 0.05) is 26.3 Å². The quantitative estimate of drug-likeness (QED) is 0.710. The molecule has 0 atom stereocenters. The average molecular weight is 245 g/mol. The molecule has 1 aromatic carbocycles. The summed E-state index contributed by atoms with van der Waals surface area (Å²) in [6.45, 7) is 2.39. The molecule has 17 heavy (non-hydrogen) atoms. The Morgan fingerprint density at radius 2 is 2.00 bits per heavy atom. The number of halogens is 2. The lowest BCUT2D eigenvalue weighted by Gasteiger charge is -2.08. The van der Waals surface area contributed by atoms with Crippen molar-refractivity contribution in [2.45, 2.75) is 6.42 Å². The molecule has 0 fully saturated rings. The Morgan fingerprint density at radius 3 is 2.76 bits per heavy atom. The van der Waals surface area contributed by atoms with Crippen molar-refractivity contribution in [1.29, 1.82) is 0 Å². The molecular weight excluding hydrogens is 228 g/mol. The van der Waals surface area contributed by atoms with E-state index in [-0.39, 0.29) is 5.75 Å². The monoisotopic (exact) mass is 245 g/mol. The molecule has 0 saturated carbocycles. The van der Waals surface area contributed by atoms with Gasteiger partial charge in [0.05, 0.1) is 0 Å². The van der Waals surface area contributed by atoms with Crippen LogP contribution in [0.1, 0.15) is 6.42 Å². The molecule has 0 radical (unpaired) electrons. The first-order valence-electron chi connectivity index (χ1n) is 5.51. The number of benzene rings is 1. The Labute approximate surface area is 99.7 Å². The third-order valence-corrected chi connectivity index (χ3v) is 2.13. The number of rotatable bonds is 8. The molecule has 3 nitrogen and oxygen atoms in total. The van der Waals surface area contributed by atoms with Crippen LogP contribution < -0.4 is 10.1 Å². The summed E-state index contributed by atoms with van der Waals surface area (Å²) in [6, 6.07) is 3.15. The molecule has 0 amide bonds. The Hall–Kier alpha value is -1.20. The molecule has 0 saturated heterocycles. The van der Waals surface area contributed by atoms with Gasteiger partial charge < -0.3 is 14.8 Å². The van der Waals surface area contributed by atoms with Crippen LogP contribution in [0.5, 0.6) is 5.75 Å². The predicted molar refractivity (Wildman–Crippen MR) is 61.2 cm³/mol. The van der Waals surface area contributed by atoms with Crippen LogP contribution >= 0.6 is 0 Å². The molecule has 0 bridgehead atoms. The van der Waals surface area contributed by atoms with Crippen LogP contribution in [-0.2, 0) is 4.74 Å². The molecule has 1 aromatic rings. The van der Waals surface area contributed by atoms with Gasteiger partial charge in [-0.3, -0.25) is 0 Å². The zero-order valence-electron chi connectivity index (χ0n) is 9.84. The van der Waals surface area contributed by atoms with Crippen molar-refractivity contribution in [3.8, 4) is 5.75 Å². The number of ether oxygens (including phenoxy) is 2. The number of hydrogen-bond acceptors (Lipinski definition) is 3. The Morgan fingerprint density at radius 1 is 1.18 bits per heavy atom. The summed E-state index contributed by atoms with van der Waals surface area (Å²) in [5.41, 5.74) is 0. The van der Waals surface area contributed by atoms with Gasteiger partial charge in [-0.2, -0.15) is 0 Å². The zero-order valence-corrected chi connectivity index (χ0v) is 9.84. The minimum Gasteiger partial charge on any atom is -0.489 e. The lowest BCUT2D eigenvalue weighted by Crippen LogP contribution is -2.23. The molecule has 1 N–H and O–H groups in total. The van der Waals surface area contributed by atoms with Crippen LogP contribution in [0, 0.1) is 11.6 Å². The van der Waals surface area contributed by atoms with Crippen molar-refractivity contribution in [2.75, 3.05) is 33.4 Å². The van der Waals surface area contributed by atoms with Crippen molar-refractivity contribution >= 4 is 0 Å². The van der Waals surface area contributed by atoms with E-state index in [4.69, 9.17) is 9.47 Å². The van der Waals surface area contributed by atoms with E-state index >= 15 is 0 Å². The number of hydrogen-bond donors (Lipinski definition) is 1. The molecule has 1 rings (SSSR count). The standard InChI is InChI=1S/C12H17F2NO2/c1-16-7-2-5-15-6-8-17-12-9-10(13)3-4-11(12)14/h3-4,9,15H,2,5-8H2,1H3. The molecule has 0 unspecified atom stereocenters. The van der Waals surface area contributed by atoms with Gasteiger partial charge in [0.1, 0.15) is 12.4 Å². The summed E-state index contributed by atoms with van der Waals surface area (Å²) < 4.78 is 35.9. The first-order valence-corrected chi connectivity index (χ1v) is 5.51. The van der Waals surface area contributed by atoms with Crippen LogP contribution in [0.2, 0.25) is 0 Å². The van der Waals surface area contributed by atoms with E-state index in [0.29, 0.717) is 19.8 Å². The average Bonchev–Trinajstić information content (AvgIpc) is 2.32. The van der Waals surface area contributed by atoms with Gasteiger partial charge in [-0.25, -0.2) is 8.78 Å². The molecule has 0 aliphatic heterocycles. The predicted octanol–water partition coefficient (Wildman–Crippen LogP) is 1.97. The van der Waals surface area contributed by atoms with E-state index in [1.807, 2.05) is 0 Å². The van der Waals surface area contributed by atoms with Crippen LogP contribution in [-0.4, -0.2) is 33.4 Å². The molecule has 0 spiro atoms. The summed E-state index contributed by atoms with van der Waals surface area (Å²) in [4.78, 5) is 0. The van der Waals surface area contributed by atoms with Crippen LogP contribution in [0.3, 0.4) is 0 Å².